The molecule has 0 saturated heterocycles. The molecule has 1 amide bonds. The summed E-state index contributed by atoms with van der Waals surface area (Å²) in [5.41, 5.74) is 7.58. The molecule has 0 radical (unpaired) electrons. The number of ether oxygens (including phenoxy) is 2. The number of nitriles is 1. The Balaban J connectivity index is 1.42. The van der Waals surface area contributed by atoms with Crippen LogP contribution in [0.25, 0.3) is 0 Å². The normalized spacial score (nSPS) is 27.9. The number of nitrogens with two attached hydrogens (primary N) is 1. The molecule has 1 aliphatic heterocycles. The standard InChI is InChI=1S/C33H34N4O5/c1-41-31(39)27-26(22-7-4-3-5-8-22)25(18-34)29(35)37(28(27)32(40)42-2)24-10-6-9-23(14-24)30(38)36-33-15-19-11-20(16-33)13-21(12-19)17-33/h3-10,14,19-21,26H,11-13,15-17,35H2,1-2H3,(H,36,38). The van der Waals surface area contributed by atoms with E-state index in [9.17, 15) is 19.6 Å². The van der Waals surface area contributed by atoms with Gasteiger partial charge in [0.1, 0.15) is 11.5 Å². The smallest absolute Gasteiger partial charge is 0.355 e. The number of anilines is 1. The van der Waals surface area contributed by atoms with Crippen molar-refractivity contribution in [3.63, 3.8) is 0 Å². The van der Waals surface area contributed by atoms with Crippen LogP contribution >= 0.6 is 0 Å². The summed E-state index contributed by atoms with van der Waals surface area (Å²) < 4.78 is 10.2. The third-order valence-corrected chi connectivity index (χ3v) is 9.39. The lowest BCUT2D eigenvalue weighted by Gasteiger charge is -2.56. The third kappa shape index (κ3) is 4.61. The van der Waals surface area contributed by atoms with E-state index in [1.165, 1.54) is 38.4 Å². The van der Waals surface area contributed by atoms with Crippen LogP contribution in [0, 0.1) is 29.1 Å². The number of amides is 1. The van der Waals surface area contributed by atoms with E-state index in [1.54, 1.807) is 54.6 Å². The van der Waals surface area contributed by atoms with Crippen molar-refractivity contribution in [1.29, 1.82) is 5.26 Å². The summed E-state index contributed by atoms with van der Waals surface area (Å²) in [6, 6.07) is 17.7. The van der Waals surface area contributed by atoms with Crippen molar-refractivity contribution in [1.82, 2.24) is 5.32 Å². The lowest BCUT2D eigenvalue weighted by atomic mass is 9.53. The molecule has 4 aliphatic carbocycles. The average molecular weight is 567 g/mol. The van der Waals surface area contributed by atoms with Crippen LogP contribution in [0.3, 0.4) is 0 Å². The number of hydrogen-bond acceptors (Lipinski definition) is 8. The highest BCUT2D eigenvalue weighted by molar-refractivity contribution is 6.06. The van der Waals surface area contributed by atoms with Crippen LogP contribution in [0.5, 0.6) is 0 Å². The Morgan fingerprint density at radius 1 is 0.929 bits per heavy atom. The molecule has 4 bridgehead atoms. The van der Waals surface area contributed by atoms with E-state index in [1.807, 2.05) is 0 Å². The third-order valence-electron chi connectivity index (χ3n) is 9.39. The summed E-state index contributed by atoms with van der Waals surface area (Å²) in [4.78, 5) is 41.7. The first-order chi connectivity index (χ1) is 20.3. The minimum atomic E-state index is -0.962. The summed E-state index contributed by atoms with van der Waals surface area (Å²) in [5, 5.41) is 13.7. The lowest BCUT2D eigenvalue weighted by molar-refractivity contribution is -0.139. The minimum absolute atomic E-state index is 0.0435. The molecule has 42 heavy (non-hydrogen) atoms. The first kappa shape index (κ1) is 27.6. The molecule has 5 aliphatic rings. The molecular weight excluding hydrogens is 532 g/mol. The van der Waals surface area contributed by atoms with E-state index < -0.39 is 17.9 Å². The maximum Gasteiger partial charge on any atom is 0.355 e. The zero-order valence-electron chi connectivity index (χ0n) is 23.8. The highest BCUT2D eigenvalue weighted by Gasteiger charge is 2.51. The van der Waals surface area contributed by atoms with Gasteiger partial charge in [-0.1, -0.05) is 36.4 Å². The van der Waals surface area contributed by atoms with Gasteiger partial charge in [-0.3, -0.25) is 9.69 Å². The van der Waals surface area contributed by atoms with Crippen molar-refractivity contribution in [3.8, 4) is 6.07 Å². The molecule has 216 valence electrons. The number of nitrogens with one attached hydrogen (secondary N) is 1. The number of carbonyl (C=O) groups excluding carboxylic acids is 3. The number of allylic oxidation sites excluding steroid dienone is 1. The predicted octanol–water partition coefficient (Wildman–Crippen LogP) is 4.28. The number of benzene rings is 2. The Hall–Kier alpha value is -4.58. The van der Waals surface area contributed by atoms with Gasteiger partial charge in [0.25, 0.3) is 5.91 Å². The SMILES string of the molecule is COC(=O)C1=C(C(=O)OC)N(c2cccc(C(=O)NC34CC5CC(CC(C5)C3)C4)c2)C(N)=C(C#N)C1c1ccccc1. The first-order valence-electron chi connectivity index (χ1n) is 14.4. The number of nitrogens with zero attached hydrogens (tertiary/aromatic N) is 2. The molecule has 4 fully saturated rings. The lowest BCUT2D eigenvalue weighted by Crippen LogP contribution is -2.59. The maximum absolute atomic E-state index is 13.7. The van der Waals surface area contributed by atoms with Crippen LogP contribution in [0.1, 0.15) is 60.4 Å². The molecule has 1 unspecified atom stereocenters. The molecule has 0 aromatic heterocycles. The maximum atomic E-state index is 13.7. The van der Waals surface area contributed by atoms with Crippen molar-refractivity contribution in [3.05, 3.63) is 88.4 Å². The molecule has 7 rings (SSSR count). The van der Waals surface area contributed by atoms with Crippen LogP contribution < -0.4 is 16.0 Å². The molecule has 9 nitrogen and oxygen atoms in total. The first-order valence-corrected chi connectivity index (χ1v) is 14.4. The van der Waals surface area contributed by atoms with E-state index in [0.717, 1.165) is 19.3 Å². The topological polar surface area (TPSA) is 135 Å². The van der Waals surface area contributed by atoms with Crippen molar-refractivity contribution in [2.75, 3.05) is 19.1 Å². The fraction of sp³-hybridized carbons (Fsp3) is 0.394. The van der Waals surface area contributed by atoms with Gasteiger partial charge in [-0.05, 0) is 80.0 Å². The van der Waals surface area contributed by atoms with Gasteiger partial charge in [0.2, 0.25) is 0 Å². The van der Waals surface area contributed by atoms with Gasteiger partial charge in [-0.2, -0.15) is 5.26 Å². The van der Waals surface area contributed by atoms with Gasteiger partial charge in [0, 0.05) is 16.8 Å². The molecule has 4 saturated carbocycles. The second kappa shape index (κ2) is 10.7. The molecule has 9 heteroatoms. The molecule has 3 N–H and O–H groups in total. The van der Waals surface area contributed by atoms with Gasteiger partial charge in [-0.25, -0.2) is 9.59 Å². The Kier molecular flexibility index (Phi) is 7.01. The van der Waals surface area contributed by atoms with E-state index in [0.29, 0.717) is 34.6 Å². The fourth-order valence-corrected chi connectivity index (χ4v) is 8.14. The molecule has 1 atom stereocenters. The average Bonchev–Trinajstić information content (AvgIpc) is 2.99. The number of rotatable bonds is 6. The summed E-state index contributed by atoms with van der Waals surface area (Å²) >= 11 is 0. The predicted molar refractivity (Wildman–Crippen MR) is 154 cm³/mol. The van der Waals surface area contributed by atoms with Crippen LogP contribution in [-0.2, 0) is 19.1 Å². The fourth-order valence-electron chi connectivity index (χ4n) is 8.14. The highest BCUT2D eigenvalue weighted by atomic mass is 16.5. The van der Waals surface area contributed by atoms with Crippen molar-refractivity contribution in [2.45, 2.75) is 50.0 Å². The van der Waals surface area contributed by atoms with Crippen molar-refractivity contribution < 1.29 is 23.9 Å². The molecule has 0 spiro atoms. The second-order valence-corrected chi connectivity index (χ2v) is 12.0. The van der Waals surface area contributed by atoms with Crippen LogP contribution in [-0.4, -0.2) is 37.6 Å². The zero-order chi connectivity index (χ0) is 29.6. The van der Waals surface area contributed by atoms with Crippen molar-refractivity contribution >= 4 is 23.5 Å². The quantitative estimate of drug-likeness (QED) is 0.495. The van der Waals surface area contributed by atoms with Gasteiger partial charge in [-0.15, -0.1) is 0 Å². The Morgan fingerprint density at radius 2 is 1.55 bits per heavy atom. The Morgan fingerprint density at radius 3 is 2.12 bits per heavy atom. The van der Waals surface area contributed by atoms with E-state index in [2.05, 4.69) is 11.4 Å². The second-order valence-electron chi connectivity index (χ2n) is 12.0. The summed E-state index contributed by atoms with van der Waals surface area (Å²) in [6.07, 6.45) is 6.83. The summed E-state index contributed by atoms with van der Waals surface area (Å²) in [5.74, 6) is -0.815. The summed E-state index contributed by atoms with van der Waals surface area (Å²) in [6.45, 7) is 0. The van der Waals surface area contributed by atoms with Crippen LogP contribution in [0.15, 0.2) is 77.3 Å². The number of methoxy groups -OCH3 is 2. The zero-order valence-corrected chi connectivity index (χ0v) is 23.8. The molecule has 1 heterocycles. The largest absolute Gasteiger partial charge is 0.466 e. The molecule has 2 aromatic rings. The molecule has 2 aromatic carbocycles. The van der Waals surface area contributed by atoms with Crippen molar-refractivity contribution in [2.24, 2.45) is 23.5 Å². The van der Waals surface area contributed by atoms with E-state index >= 15 is 0 Å². The minimum Gasteiger partial charge on any atom is -0.466 e. The number of hydrogen-bond donors (Lipinski definition) is 2. The summed E-state index contributed by atoms with van der Waals surface area (Å²) in [7, 11) is 2.41. The van der Waals surface area contributed by atoms with E-state index in [4.69, 9.17) is 15.2 Å². The van der Waals surface area contributed by atoms with Gasteiger partial charge in [0.05, 0.1) is 37.4 Å². The Bertz CT molecular complexity index is 1520. The van der Waals surface area contributed by atoms with Crippen LogP contribution in [0.2, 0.25) is 0 Å². The van der Waals surface area contributed by atoms with Gasteiger partial charge >= 0.3 is 11.9 Å². The monoisotopic (exact) mass is 566 g/mol. The van der Waals surface area contributed by atoms with Gasteiger partial charge < -0.3 is 20.5 Å². The molecular formula is C33H34N4O5. The highest BCUT2D eigenvalue weighted by Crippen LogP contribution is 2.55. The number of esters is 2. The Labute approximate surface area is 245 Å². The van der Waals surface area contributed by atoms with E-state index in [-0.39, 0.29) is 34.1 Å². The number of carbonyl (C=O) groups is 3. The van der Waals surface area contributed by atoms with Crippen LogP contribution in [0.4, 0.5) is 5.69 Å². The van der Waals surface area contributed by atoms with Gasteiger partial charge in [0.15, 0.2) is 0 Å².